The zero-order valence-corrected chi connectivity index (χ0v) is 19.8. The fourth-order valence-corrected chi connectivity index (χ4v) is 5.23. The van der Waals surface area contributed by atoms with Gasteiger partial charge in [-0.15, -0.1) is 0 Å². The molecular formula is C24H27F3N6O2. The summed E-state index contributed by atoms with van der Waals surface area (Å²) in [5.41, 5.74) is -1.21. The summed E-state index contributed by atoms with van der Waals surface area (Å²) >= 11 is 0. The fourth-order valence-electron chi connectivity index (χ4n) is 5.23. The van der Waals surface area contributed by atoms with Gasteiger partial charge in [-0.3, -0.25) is 14.3 Å². The molecule has 2 saturated heterocycles. The van der Waals surface area contributed by atoms with Crippen molar-refractivity contribution in [3.8, 4) is 6.07 Å². The van der Waals surface area contributed by atoms with E-state index in [0.717, 1.165) is 6.07 Å². The third-order valence-electron chi connectivity index (χ3n) is 7.16. The Labute approximate surface area is 201 Å². The van der Waals surface area contributed by atoms with Gasteiger partial charge >= 0.3 is 6.18 Å². The maximum absolute atomic E-state index is 13.5. The summed E-state index contributed by atoms with van der Waals surface area (Å²) in [5.74, 6) is -0.677. The minimum absolute atomic E-state index is 0.0818. The molecule has 0 saturated carbocycles. The van der Waals surface area contributed by atoms with Crippen LogP contribution in [0.4, 0.5) is 18.9 Å². The first-order valence-electron chi connectivity index (χ1n) is 11.3. The van der Waals surface area contributed by atoms with Crippen LogP contribution in [-0.2, 0) is 18.0 Å². The van der Waals surface area contributed by atoms with Gasteiger partial charge in [0.15, 0.2) is 0 Å². The van der Waals surface area contributed by atoms with Gasteiger partial charge in [-0.1, -0.05) is 0 Å². The van der Waals surface area contributed by atoms with Crippen molar-refractivity contribution in [3.05, 3.63) is 47.3 Å². The molecule has 0 bridgehead atoms. The second-order valence-electron chi connectivity index (χ2n) is 9.53. The summed E-state index contributed by atoms with van der Waals surface area (Å²) in [6, 6.07) is 6.94. The summed E-state index contributed by atoms with van der Waals surface area (Å²) in [5, 5.41) is 13.3. The largest absolute Gasteiger partial charge is 0.417 e. The molecule has 1 aromatic heterocycles. The normalized spacial score (nSPS) is 19.6. The van der Waals surface area contributed by atoms with E-state index in [1.54, 1.807) is 54.0 Å². The van der Waals surface area contributed by atoms with Gasteiger partial charge < -0.3 is 14.7 Å². The number of aromatic nitrogens is 2. The van der Waals surface area contributed by atoms with Crippen molar-refractivity contribution >= 4 is 17.5 Å². The summed E-state index contributed by atoms with van der Waals surface area (Å²) in [7, 11) is 5.07. The Balaban J connectivity index is 1.60. The smallest absolute Gasteiger partial charge is 0.370 e. The number of nitriles is 1. The molecule has 2 aromatic rings. The van der Waals surface area contributed by atoms with Crippen LogP contribution >= 0.6 is 0 Å². The number of aryl methyl sites for hydroxylation is 1. The molecule has 35 heavy (non-hydrogen) atoms. The molecule has 3 heterocycles. The van der Waals surface area contributed by atoms with Gasteiger partial charge in [0.1, 0.15) is 5.69 Å². The lowest BCUT2D eigenvalue weighted by Crippen LogP contribution is -2.49. The number of nitrogens with zero attached hydrogens (tertiary/aromatic N) is 6. The van der Waals surface area contributed by atoms with Crippen LogP contribution in [0.15, 0.2) is 30.5 Å². The molecule has 8 nitrogen and oxygen atoms in total. The summed E-state index contributed by atoms with van der Waals surface area (Å²) in [4.78, 5) is 31.0. The Morgan fingerprint density at radius 1 is 1.20 bits per heavy atom. The summed E-state index contributed by atoms with van der Waals surface area (Å²) in [6.45, 7) is 1.53. The van der Waals surface area contributed by atoms with E-state index in [2.05, 4.69) is 5.10 Å². The Morgan fingerprint density at radius 2 is 1.89 bits per heavy atom. The molecule has 1 aromatic carbocycles. The van der Waals surface area contributed by atoms with E-state index in [1.165, 1.54) is 17.0 Å². The van der Waals surface area contributed by atoms with E-state index >= 15 is 0 Å². The fraction of sp³-hybridized carbons (Fsp3) is 0.500. The van der Waals surface area contributed by atoms with Crippen LogP contribution in [0.5, 0.6) is 0 Å². The molecule has 11 heteroatoms. The number of halogens is 3. The molecule has 2 aliphatic rings. The topological polar surface area (TPSA) is 85.5 Å². The second kappa shape index (κ2) is 8.91. The van der Waals surface area contributed by atoms with E-state index in [9.17, 15) is 22.8 Å². The first kappa shape index (κ1) is 24.6. The number of alkyl halides is 3. The van der Waals surface area contributed by atoms with Crippen LogP contribution in [-0.4, -0.2) is 71.7 Å². The zero-order chi connectivity index (χ0) is 25.5. The molecule has 4 rings (SSSR count). The summed E-state index contributed by atoms with van der Waals surface area (Å²) < 4.78 is 42.2. The Kier molecular flexibility index (Phi) is 6.25. The number of carbonyl (C=O) groups excluding carboxylic acids is 2. The highest BCUT2D eigenvalue weighted by molar-refractivity contribution is 5.92. The van der Waals surface area contributed by atoms with Crippen molar-refractivity contribution < 1.29 is 22.8 Å². The first-order valence-corrected chi connectivity index (χ1v) is 11.3. The molecule has 186 valence electrons. The van der Waals surface area contributed by atoms with Gasteiger partial charge in [0, 0.05) is 64.6 Å². The van der Waals surface area contributed by atoms with Crippen molar-refractivity contribution in [1.29, 1.82) is 5.26 Å². The Hall–Kier alpha value is -3.55. The minimum atomic E-state index is -4.66. The van der Waals surface area contributed by atoms with Crippen LogP contribution in [0.3, 0.4) is 0 Å². The first-order chi connectivity index (χ1) is 16.4. The molecule has 2 amide bonds. The number of likely N-dealkylation sites (tertiary alicyclic amines) is 1. The average molecular weight is 489 g/mol. The van der Waals surface area contributed by atoms with Crippen molar-refractivity contribution in [1.82, 2.24) is 19.6 Å². The van der Waals surface area contributed by atoms with Gasteiger partial charge in [-0.05, 0) is 37.1 Å². The molecule has 1 atom stereocenters. The van der Waals surface area contributed by atoms with Crippen molar-refractivity contribution in [2.45, 2.75) is 19.0 Å². The molecule has 1 spiro atoms. The average Bonchev–Trinajstić information content (AvgIpc) is 3.41. The second-order valence-corrected chi connectivity index (χ2v) is 9.53. The lowest BCUT2D eigenvalue weighted by atomic mass is 9.70. The van der Waals surface area contributed by atoms with E-state index in [-0.39, 0.29) is 18.4 Å². The van der Waals surface area contributed by atoms with Crippen LogP contribution in [0.25, 0.3) is 0 Å². The van der Waals surface area contributed by atoms with Crippen LogP contribution in [0.1, 0.15) is 34.5 Å². The summed E-state index contributed by atoms with van der Waals surface area (Å²) in [6.07, 6.45) is -1.86. The number of amides is 2. The minimum Gasteiger partial charge on any atom is -0.370 e. The van der Waals surface area contributed by atoms with Gasteiger partial charge in [0.05, 0.1) is 23.1 Å². The van der Waals surface area contributed by atoms with Crippen LogP contribution in [0.2, 0.25) is 0 Å². The standard InChI is InChI=1S/C24H27F3N6O2/c1-30(2)21(34)19-14-33(17-5-4-16(13-28)18(12-17)24(25,26)27)15-23(19)7-10-32(11-8-23)22(35)20-6-9-31(3)29-20/h4-6,9,12,19H,7-8,10-11,14-15H2,1-3H3. The third-order valence-corrected chi connectivity index (χ3v) is 7.16. The molecule has 0 aliphatic carbocycles. The number of carbonyl (C=O) groups is 2. The van der Waals surface area contributed by atoms with Crippen LogP contribution in [0, 0.1) is 22.7 Å². The number of benzene rings is 1. The number of hydrogen-bond acceptors (Lipinski definition) is 5. The van der Waals surface area contributed by atoms with E-state index in [0.29, 0.717) is 43.9 Å². The van der Waals surface area contributed by atoms with Crippen molar-refractivity contribution in [2.75, 3.05) is 45.2 Å². The number of hydrogen-bond donors (Lipinski definition) is 0. The third kappa shape index (κ3) is 4.57. The molecule has 1 unspecified atom stereocenters. The highest BCUT2D eigenvalue weighted by Gasteiger charge is 2.52. The zero-order valence-electron chi connectivity index (χ0n) is 19.8. The van der Waals surface area contributed by atoms with Gasteiger partial charge in [0.25, 0.3) is 5.91 Å². The maximum atomic E-state index is 13.5. The molecular weight excluding hydrogens is 461 g/mol. The Morgan fingerprint density at radius 3 is 2.43 bits per heavy atom. The molecule has 2 fully saturated rings. The van der Waals surface area contributed by atoms with Gasteiger partial charge in [0.2, 0.25) is 5.91 Å². The highest BCUT2D eigenvalue weighted by Crippen LogP contribution is 2.47. The van der Waals surface area contributed by atoms with E-state index < -0.39 is 28.6 Å². The maximum Gasteiger partial charge on any atom is 0.417 e. The quantitative estimate of drug-likeness (QED) is 0.663. The molecule has 0 radical (unpaired) electrons. The van der Waals surface area contributed by atoms with Crippen molar-refractivity contribution in [2.24, 2.45) is 18.4 Å². The van der Waals surface area contributed by atoms with Crippen LogP contribution < -0.4 is 4.90 Å². The number of piperidine rings is 1. The lowest BCUT2D eigenvalue weighted by Gasteiger charge is -2.42. The highest BCUT2D eigenvalue weighted by atomic mass is 19.4. The lowest BCUT2D eigenvalue weighted by molar-refractivity contribution is -0.138. The van der Waals surface area contributed by atoms with Gasteiger partial charge in [-0.25, -0.2) is 0 Å². The van der Waals surface area contributed by atoms with E-state index in [1.807, 2.05) is 0 Å². The molecule has 2 aliphatic heterocycles. The van der Waals surface area contributed by atoms with E-state index in [4.69, 9.17) is 5.26 Å². The predicted octanol–water partition coefficient (Wildman–Crippen LogP) is 2.76. The SMILES string of the molecule is CN(C)C(=O)C1CN(c2ccc(C#N)c(C(F)(F)F)c2)CC12CCN(C(=O)c1ccn(C)n1)CC2. The number of anilines is 1. The molecule has 0 N–H and O–H groups in total. The van der Waals surface area contributed by atoms with Crippen molar-refractivity contribution in [3.63, 3.8) is 0 Å². The predicted molar refractivity (Wildman–Crippen MR) is 121 cm³/mol. The Bertz CT molecular complexity index is 1170. The number of rotatable bonds is 3. The van der Waals surface area contributed by atoms with Gasteiger partial charge in [-0.2, -0.15) is 23.5 Å². The monoisotopic (exact) mass is 488 g/mol.